The number of hydrogen-bond donors (Lipinski definition) is 1. The maximum atomic E-state index is 12.4. The Kier molecular flexibility index (Phi) is 6.93. The molecule has 3 rings (SSSR count). The molecule has 0 bridgehead atoms. The Balaban J connectivity index is 1.60. The van der Waals surface area contributed by atoms with Crippen molar-refractivity contribution in [2.75, 3.05) is 5.75 Å². The zero-order chi connectivity index (χ0) is 20.8. The number of nitrogens with zero attached hydrogens (tertiary/aromatic N) is 3. The molecule has 29 heavy (non-hydrogen) atoms. The first-order valence-corrected chi connectivity index (χ1v) is 10.5. The highest BCUT2D eigenvalue weighted by molar-refractivity contribution is 7.99. The van der Waals surface area contributed by atoms with Gasteiger partial charge in [-0.05, 0) is 51.0 Å². The molecule has 2 heterocycles. The molecule has 1 amide bonds. The SMILES string of the molecule is Cc1cccc(-n2ccnc2SCC(=O)NCc2cccnc2OC(C)C)c1C. The number of amides is 1. The highest BCUT2D eigenvalue weighted by Gasteiger charge is 2.12. The quantitative estimate of drug-likeness (QED) is 0.567. The van der Waals surface area contributed by atoms with Crippen LogP contribution in [0.3, 0.4) is 0 Å². The number of pyridine rings is 1. The van der Waals surface area contributed by atoms with Crippen molar-refractivity contribution in [3.05, 3.63) is 65.6 Å². The predicted molar refractivity (Wildman–Crippen MR) is 116 cm³/mol. The number of aryl methyl sites for hydroxylation is 1. The van der Waals surface area contributed by atoms with Crippen LogP contribution in [0, 0.1) is 13.8 Å². The fourth-order valence-electron chi connectivity index (χ4n) is 2.84. The Morgan fingerprint density at radius 1 is 1.17 bits per heavy atom. The van der Waals surface area contributed by atoms with Crippen LogP contribution >= 0.6 is 11.8 Å². The van der Waals surface area contributed by atoms with E-state index in [9.17, 15) is 4.79 Å². The van der Waals surface area contributed by atoms with Crippen LogP contribution in [0.5, 0.6) is 5.88 Å². The normalized spacial score (nSPS) is 10.9. The summed E-state index contributed by atoms with van der Waals surface area (Å²) in [6.07, 6.45) is 5.39. The predicted octanol–water partition coefficient (Wildman–Crippen LogP) is 4.08. The Bertz CT molecular complexity index is 984. The standard InChI is InChI=1S/C22H26N4O2S/c1-15(2)28-21-18(8-6-10-23-21)13-25-20(27)14-29-22-24-11-12-26(22)19-9-5-7-16(3)17(19)4/h5-12,15H,13-14H2,1-4H3,(H,25,27). The maximum Gasteiger partial charge on any atom is 0.230 e. The molecule has 2 aromatic heterocycles. The summed E-state index contributed by atoms with van der Waals surface area (Å²) in [4.78, 5) is 21.1. The molecule has 152 valence electrons. The van der Waals surface area contributed by atoms with Gasteiger partial charge < -0.3 is 10.1 Å². The van der Waals surface area contributed by atoms with Crippen molar-refractivity contribution in [1.29, 1.82) is 0 Å². The molecular formula is C22H26N4O2S. The molecule has 7 heteroatoms. The maximum absolute atomic E-state index is 12.4. The molecule has 0 radical (unpaired) electrons. The average Bonchev–Trinajstić information content (AvgIpc) is 3.16. The van der Waals surface area contributed by atoms with Gasteiger partial charge in [0.05, 0.1) is 17.5 Å². The van der Waals surface area contributed by atoms with Gasteiger partial charge >= 0.3 is 0 Å². The molecule has 0 unspecified atom stereocenters. The van der Waals surface area contributed by atoms with Gasteiger partial charge in [0.2, 0.25) is 11.8 Å². The Morgan fingerprint density at radius 2 is 2.00 bits per heavy atom. The fraction of sp³-hybridized carbons (Fsp3) is 0.318. The van der Waals surface area contributed by atoms with E-state index >= 15 is 0 Å². The zero-order valence-electron chi connectivity index (χ0n) is 17.2. The van der Waals surface area contributed by atoms with Crippen molar-refractivity contribution in [3.63, 3.8) is 0 Å². The van der Waals surface area contributed by atoms with Crippen molar-refractivity contribution >= 4 is 17.7 Å². The number of hydrogen-bond acceptors (Lipinski definition) is 5. The summed E-state index contributed by atoms with van der Waals surface area (Å²) >= 11 is 1.41. The van der Waals surface area contributed by atoms with E-state index in [2.05, 4.69) is 41.3 Å². The molecule has 0 atom stereocenters. The second-order valence-corrected chi connectivity index (χ2v) is 7.94. The van der Waals surface area contributed by atoms with Gasteiger partial charge in [-0.2, -0.15) is 0 Å². The van der Waals surface area contributed by atoms with Crippen molar-refractivity contribution in [2.24, 2.45) is 0 Å². The second kappa shape index (κ2) is 9.60. The third-order valence-electron chi connectivity index (χ3n) is 4.45. The van der Waals surface area contributed by atoms with Crippen LogP contribution in [0.15, 0.2) is 54.1 Å². The van der Waals surface area contributed by atoms with E-state index in [1.54, 1.807) is 12.4 Å². The van der Waals surface area contributed by atoms with Crippen LogP contribution < -0.4 is 10.1 Å². The zero-order valence-corrected chi connectivity index (χ0v) is 18.0. The summed E-state index contributed by atoms with van der Waals surface area (Å²) in [6.45, 7) is 8.46. The van der Waals surface area contributed by atoms with Gasteiger partial charge in [-0.25, -0.2) is 9.97 Å². The third-order valence-corrected chi connectivity index (χ3v) is 5.41. The first-order valence-electron chi connectivity index (χ1n) is 9.55. The molecule has 0 aliphatic carbocycles. The van der Waals surface area contributed by atoms with E-state index < -0.39 is 0 Å². The average molecular weight is 411 g/mol. The lowest BCUT2D eigenvalue weighted by Crippen LogP contribution is -2.25. The summed E-state index contributed by atoms with van der Waals surface area (Å²) in [5.41, 5.74) is 4.36. The minimum absolute atomic E-state index is 0.0267. The summed E-state index contributed by atoms with van der Waals surface area (Å²) in [5.74, 6) is 0.772. The lowest BCUT2D eigenvalue weighted by molar-refractivity contribution is -0.118. The summed E-state index contributed by atoms with van der Waals surface area (Å²) < 4.78 is 7.72. The molecule has 0 saturated carbocycles. The second-order valence-electron chi connectivity index (χ2n) is 7.00. The monoisotopic (exact) mass is 410 g/mol. The number of aromatic nitrogens is 3. The van der Waals surface area contributed by atoms with Crippen LogP contribution in [-0.4, -0.2) is 32.3 Å². The molecule has 0 fully saturated rings. The van der Waals surface area contributed by atoms with Gasteiger partial charge in [0.1, 0.15) is 0 Å². The molecule has 0 aliphatic rings. The lowest BCUT2D eigenvalue weighted by Gasteiger charge is -2.14. The van der Waals surface area contributed by atoms with Crippen LogP contribution in [0.1, 0.15) is 30.5 Å². The van der Waals surface area contributed by atoms with E-state index in [-0.39, 0.29) is 17.8 Å². The molecule has 0 spiro atoms. The van der Waals surface area contributed by atoms with E-state index in [1.165, 1.54) is 22.9 Å². The largest absolute Gasteiger partial charge is 0.475 e. The van der Waals surface area contributed by atoms with Gasteiger partial charge in [-0.3, -0.25) is 9.36 Å². The summed E-state index contributed by atoms with van der Waals surface area (Å²) in [7, 11) is 0. The van der Waals surface area contributed by atoms with Gasteiger partial charge in [0, 0.05) is 30.7 Å². The van der Waals surface area contributed by atoms with Crippen LogP contribution in [0.25, 0.3) is 5.69 Å². The summed E-state index contributed by atoms with van der Waals surface area (Å²) in [6, 6.07) is 9.93. The van der Waals surface area contributed by atoms with E-state index in [1.807, 2.05) is 42.8 Å². The Labute approximate surface area is 175 Å². The van der Waals surface area contributed by atoms with Crippen LogP contribution in [0.2, 0.25) is 0 Å². The number of ether oxygens (including phenoxy) is 1. The van der Waals surface area contributed by atoms with Gasteiger partial charge in [0.25, 0.3) is 0 Å². The van der Waals surface area contributed by atoms with Gasteiger partial charge in [-0.1, -0.05) is 30.0 Å². The molecule has 1 N–H and O–H groups in total. The minimum Gasteiger partial charge on any atom is -0.475 e. The highest BCUT2D eigenvalue weighted by Crippen LogP contribution is 2.24. The smallest absolute Gasteiger partial charge is 0.230 e. The van der Waals surface area contributed by atoms with Crippen LogP contribution in [0.4, 0.5) is 0 Å². The van der Waals surface area contributed by atoms with E-state index in [0.29, 0.717) is 12.4 Å². The Hall–Kier alpha value is -2.80. The number of rotatable bonds is 8. The number of benzene rings is 1. The number of imidazole rings is 1. The number of nitrogens with one attached hydrogen (secondary N) is 1. The molecule has 0 saturated heterocycles. The first-order chi connectivity index (χ1) is 14.0. The molecular weight excluding hydrogens is 384 g/mol. The van der Waals surface area contributed by atoms with Crippen molar-refractivity contribution in [3.8, 4) is 11.6 Å². The van der Waals surface area contributed by atoms with Crippen molar-refractivity contribution < 1.29 is 9.53 Å². The van der Waals surface area contributed by atoms with E-state index in [4.69, 9.17) is 4.74 Å². The molecule has 1 aromatic carbocycles. The van der Waals surface area contributed by atoms with Crippen LogP contribution in [-0.2, 0) is 11.3 Å². The molecule has 3 aromatic rings. The van der Waals surface area contributed by atoms with Crippen molar-refractivity contribution in [1.82, 2.24) is 19.9 Å². The van der Waals surface area contributed by atoms with Gasteiger partial charge in [0.15, 0.2) is 5.16 Å². The number of thioether (sulfide) groups is 1. The molecule has 6 nitrogen and oxygen atoms in total. The number of carbonyl (C=O) groups is 1. The first kappa shape index (κ1) is 20.9. The van der Waals surface area contributed by atoms with E-state index in [0.717, 1.165) is 16.4 Å². The lowest BCUT2D eigenvalue weighted by atomic mass is 10.1. The van der Waals surface area contributed by atoms with Crippen molar-refractivity contribution in [2.45, 2.75) is 45.5 Å². The third kappa shape index (κ3) is 5.38. The molecule has 0 aliphatic heterocycles. The topological polar surface area (TPSA) is 69.0 Å². The minimum atomic E-state index is -0.0649. The fourth-order valence-corrected chi connectivity index (χ4v) is 3.64. The number of carbonyl (C=O) groups excluding carboxylic acids is 1. The Morgan fingerprint density at radius 3 is 2.79 bits per heavy atom. The summed E-state index contributed by atoms with van der Waals surface area (Å²) in [5, 5.41) is 3.73. The highest BCUT2D eigenvalue weighted by atomic mass is 32.2. The van der Waals surface area contributed by atoms with Gasteiger partial charge in [-0.15, -0.1) is 0 Å².